The van der Waals surface area contributed by atoms with Crippen molar-refractivity contribution in [1.29, 1.82) is 0 Å². The van der Waals surface area contributed by atoms with Gasteiger partial charge in [-0.3, -0.25) is 0 Å². The monoisotopic (exact) mass is 762 g/mol. The molecule has 0 bridgehead atoms. The fourth-order valence-electron chi connectivity index (χ4n) is 6.88. The minimum atomic E-state index is -0.812. The number of fused-ring (bicyclic) bond motifs is 2. The van der Waals surface area contributed by atoms with Crippen LogP contribution in [0.15, 0.2) is 158 Å². The predicted molar refractivity (Wildman–Crippen MR) is 210 cm³/mol. The molecule has 2 aliphatic heterocycles. The number of carbonyl (C=O) groups excluding carboxylic acids is 6. The molecule has 2 heterocycles. The van der Waals surface area contributed by atoms with E-state index in [0.717, 1.165) is 33.4 Å². The van der Waals surface area contributed by atoms with Gasteiger partial charge in [-0.2, -0.15) is 0 Å². The van der Waals surface area contributed by atoms with Gasteiger partial charge >= 0.3 is 35.8 Å². The van der Waals surface area contributed by atoms with Gasteiger partial charge in [-0.25, -0.2) is 28.8 Å². The lowest BCUT2D eigenvalue weighted by molar-refractivity contribution is 0.0425. The van der Waals surface area contributed by atoms with Crippen molar-refractivity contribution < 1.29 is 47.7 Å². The summed E-state index contributed by atoms with van der Waals surface area (Å²) in [4.78, 5) is 74.6. The Kier molecular flexibility index (Phi) is 8.83. The molecule has 278 valence electrons. The normalized spacial score (nSPS) is 12.7. The van der Waals surface area contributed by atoms with E-state index in [4.69, 9.17) is 9.47 Å². The molecule has 0 radical (unpaired) electrons. The number of benzene rings is 7. The van der Waals surface area contributed by atoms with Gasteiger partial charge in [0.05, 0.1) is 33.4 Å². The zero-order valence-electron chi connectivity index (χ0n) is 30.1. The quantitative estimate of drug-likeness (QED) is 0.0836. The molecule has 0 fully saturated rings. The zero-order chi connectivity index (χ0) is 39.9. The summed E-state index contributed by atoms with van der Waals surface area (Å²) in [6.45, 7) is 0. The molecule has 9 rings (SSSR count). The minimum Gasteiger partial charge on any atom is -0.422 e. The second kappa shape index (κ2) is 14.4. The van der Waals surface area contributed by atoms with Crippen LogP contribution in [0.2, 0.25) is 0 Å². The summed E-state index contributed by atoms with van der Waals surface area (Å²) in [5, 5.41) is 0. The summed E-state index contributed by atoms with van der Waals surface area (Å²) in [7, 11) is 0. The Bertz CT molecular complexity index is 2680. The second-order valence-electron chi connectivity index (χ2n) is 13.4. The van der Waals surface area contributed by atoms with Crippen molar-refractivity contribution in [3.8, 4) is 56.0 Å². The Morgan fingerprint density at radius 3 is 1.09 bits per heavy atom. The molecule has 0 amide bonds. The van der Waals surface area contributed by atoms with Crippen LogP contribution in [0.4, 0.5) is 0 Å². The third kappa shape index (κ3) is 6.60. The smallest absolute Gasteiger partial charge is 0.346 e. The largest absolute Gasteiger partial charge is 0.422 e. The zero-order valence-corrected chi connectivity index (χ0v) is 30.1. The van der Waals surface area contributed by atoms with Crippen LogP contribution in [-0.4, -0.2) is 35.8 Å². The maximum atomic E-state index is 13.3. The Morgan fingerprint density at radius 2 is 0.690 bits per heavy atom. The first-order chi connectivity index (χ1) is 28.2. The molecule has 0 saturated heterocycles. The maximum absolute atomic E-state index is 13.3. The lowest BCUT2D eigenvalue weighted by Gasteiger charge is -2.14. The Labute approximate surface area is 329 Å². The van der Waals surface area contributed by atoms with Crippen LogP contribution in [0.25, 0.3) is 44.5 Å². The fourth-order valence-corrected chi connectivity index (χ4v) is 6.88. The van der Waals surface area contributed by atoms with Crippen molar-refractivity contribution in [3.63, 3.8) is 0 Å². The molecule has 0 aliphatic carbocycles. The number of hydrogen-bond acceptors (Lipinski definition) is 10. The Hall–Kier alpha value is -8.24. The SMILES string of the molecule is O=C(Oc1ccc(-c2ccc(-c3ccc(OC(=O)c4ccc5c(c4)C(=O)OC5=O)c(-c4ccccc4)c3)cc2)cc1-c1ccccc1)c1ccc2c(c1)C(=O)OC2=O. The standard InChI is InChI=1S/C48H26O10/c49-43(33-15-19-35-39(25-33)47(53)57-45(35)51)55-41-21-17-31(23-37(41)29-7-3-1-4-8-29)27-11-13-28(14-12-27)32-18-22-42(38(24-32)30-9-5-2-6-10-30)56-44(50)34-16-20-36-40(26-34)48(54)58-46(36)52/h1-26H. The van der Waals surface area contributed by atoms with E-state index in [9.17, 15) is 28.8 Å². The summed E-state index contributed by atoms with van der Waals surface area (Å²) in [6.07, 6.45) is 0. The molecule has 0 atom stereocenters. The van der Waals surface area contributed by atoms with Crippen molar-refractivity contribution in [2.75, 3.05) is 0 Å². The molecule has 10 heteroatoms. The summed E-state index contributed by atoms with van der Waals surface area (Å²) in [5.74, 6) is -3.93. The molecule has 7 aromatic rings. The number of cyclic esters (lactones) is 4. The van der Waals surface area contributed by atoms with Gasteiger partial charge in [0.2, 0.25) is 0 Å². The lowest BCUT2D eigenvalue weighted by Crippen LogP contribution is -2.10. The molecule has 10 nitrogen and oxygen atoms in total. The highest BCUT2D eigenvalue weighted by atomic mass is 16.6. The number of rotatable bonds is 8. The number of carbonyl (C=O) groups is 6. The third-order valence-corrected chi connectivity index (χ3v) is 9.85. The molecular formula is C48H26O10. The van der Waals surface area contributed by atoms with E-state index in [0.29, 0.717) is 22.6 Å². The molecule has 0 unspecified atom stereocenters. The van der Waals surface area contributed by atoms with Crippen molar-refractivity contribution in [3.05, 3.63) is 191 Å². The van der Waals surface area contributed by atoms with Crippen LogP contribution in [0, 0.1) is 0 Å². The van der Waals surface area contributed by atoms with Gasteiger partial charge in [0.1, 0.15) is 11.5 Å². The van der Waals surface area contributed by atoms with Gasteiger partial charge in [-0.1, -0.05) is 97.1 Å². The predicted octanol–water partition coefficient (Wildman–Crippen LogP) is 9.41. The van der Waals surface area contributed by atoms with Crippen LogP contribution in [0.1, 0.15) is 62.1 Å². The molecule has 2 aliphatic rings. The van der Waals surface area contributed by atoms with E-state index in [-0.39, 0.29) is 33.4 Å². The highest BCUT2D eigenvalue weighted by Gasteiger charge is 2.32. The van der Waals surface area contributed by atoms with E-state index >= 15 is 0 Å². The average molecular weight is 763 g/mol. The van der Waals surface area contributed by atoms with Crippen LogP contribution in [-0.2, 0) is 9.47 Å². The van der Waals surface area contributed by atoms with E-state index in [1.807, 2.05) is 109 Å². The minimum absolute atomic E-state index is 0.0130. The van der Waals surface area contributed by atoms with Crippen molar-refractivity contribution in [1.82, 2.24) is 0 Å². The first kappa shape index (κ1) is 35.5. The van der Waals surface area contributed by atoms with E-state index in [1.165, 1.54) is 36.4 Å². The van der Waals surface area contributed by atoms with Crippen LogP contribution in [0.3, 0.4) is 0 Å². The number of hydrogen-bond donors (Lipinski definition) is 0. The third-order valence-electron chi connectivity index (χ3n) is 9.85. The fraction of sp³-hybridized carbons (Fsp3) is 0. The number of esters is 6. The Balaban J connectivity index is 0.996. The number of ether oxygens (including phenoxy) is 4. The first-order valence-electron chi connectivity index (χ1n) is 18.0. The van der Waals surface area contributed by atoms with Gasteiger partial charge in [0.15, 0.2) is 0 Å². The van der Waals surface area contributed by atoms with Gasteiger partial charge in [-0.15, -0.1) is 0 Å². The first-order valence-corrected chi connectivity index (χ1v) is 18.0. The van der Waals surface area contributed by atoms with Crippen molar-refractivity contribution in [2.24, 2.45) is 0 Å². The van der Waals surface area contributed by atoms with E-state index in [2.05, 4.69) is 9.47 Å². The van der Waals surface area contributed by atoms with Crippen LogP contribution in [0.5, 0.6) is 11.5 Å². The van der Waals surface area contributed by atoms with Gasteiger partial charge < -0.3 is 18.9 Å². The molecule has 0 saturated carbocycles. The highest BCUT2D eigenvalue weighted by molar-refractivity contribution is 6.16. The average Bonchev–Trinajstić information content (AvgIpc) is 3.72. The van der Waals surface area contributed by atoms with E-state index in [1.54, 1.807) is 12.1 Å². The highest BCUT2D eigenvalue weighted by Crippen LogP contribution is 2.38. The molecule has 7 aromatic carbocycles. The molecular weight excluding hydrogens is 737 g/mol. The molecule has 0 spiro atoms. The molecule has 0 N–H and O–H groups in total. The van der Waals surface area contributed by atoms with Crippen molar-refractivity contribution >= 4 is 35.8 Å². The van der Waals surface area contributed by atoms with Gasteiger partial charge in [-0.05, 0) is 94.0 Å². The summed E-state index contributed by atoms with van der Waals surface area (Å²) in [5.41, 5.74) is 6.89. The summed E-state index contributed by atoms with van der Waals surface area (Å²) >= 11 is 0. The molecule has 58 heavy (non-hydrogen) atoms. The summed E-state index contributed by atoms with van der Waals surface area (Å²) in [6, 6.07) is 46.1. The maximum Gasteiger partial charge on any atom is 0.346 e. The van der Waals surface area contributed by atoms with E-state index < -0.39 is 35.8 Å². The second-order valence-corrected chi connectivity index (χ2v) is 13.4. The topological polar surface area (TPSA) is 139 Å². The lowest BCUT2D eigenvalue weighted by atomic mass is 9.95. The molecule has 0 aromatic heterocycles. The van der Waals surface area contributed by atoms with Gasteiger partial charge in [0.25, 0.3) is 0 Å². The van der Waals surface area contributed by atoms with Crippen LogP contribution >= 0.6 is 0 Å². The van der Waals surface area contributed by atoms with Crippen LogP contribution < -0.4 is 9.47 Å². The summed E-state index contributed by atoms with van der Waals surface area (Å²) < 4.78 is 21.0. The van der Waals surface area contributed by atoms with Crippen molar-refractivity contribution in [2.45, 2.75) is 0 Å². The Morgan fingerprint density at radius 1 is 0.328 bits per heavy atom. The van der Waals surface area contributed by atoms with Gasteiger partial charge in [0, 0.05) is 11.1 Å².